The molecule has 7 N–H and O–H groups in total. The molecule has 0 bridgehead atoms. The Hall–Kier alpha value is -0.400. The largest absolute Gasteiger partial charge is 0.394 e. The summed E-state index contributed by atoms with van der Waals surface area (Å²) in [5.41, 5.74) is 0. The Morgan fingerprint density at radius 3 is 1.95 bits per heavy atom. The minimum Gasteiger partial charge on any atom is -0.394 e. The van der Waals surface area contributed by atoms with E-state index in [0.29, 0.717) is 0 Å². The molecular formula is C12H21O10. The zero-order valence-electron chi connectivity index (χ0n) is 11.5. The molecule has 9 atom stereocenters. The summed E-state index contributed by atoms with van der Waals surface area (Å²) in [6, 6.07) is 0. The summed E-state index contributed by atoms with van der Waals surface area (Å²) in [4.78, 5) is 0. The smallest absolute Gasteiger partial charge is 0.187 e. The summed E-state index contributed by atoms with van der Waals surface area (Å²) >= 11 is 0. The van der Waals surface area contributed by atoms with Crippen LogP contribution in [0.2, 0.25) is 0 Å². The van der Waals surface area contributed by atoms with E-state index >= 15 is 0 Å². The Kier molecular flexibility index (Phi) is 6.07. The standard InChI is InChI=1S/C12H21O10/c13-1-4-7(15)9(17)6(3-20-4)22-12-11(19)10(18)8(16)5(2-14)21-12/h3-19H,1-2H2/t4-,5-,6-,7-,8-,9-,10+,11+,12+/m1/s1. The van der Waals surface area contributed by atoms with E-state index in [1.54, 1.807) is 0 Å². The molecule has 10 nitrogen and oxygen atoms in total. The highest BCUT2D eigenvalue weighted by atomic mass is 16.7. The van der Waals surface area contributed by atoms with Gasteiger partial charge in [-0.05, 0) is 0 Å². The molecular weight excluding hydrogens is 304 g/mol. The molecule has 0 spiro atoms. The van der Waals surface area contributed by atoms with E-state index in [9.17, 15) is 25.5 Å². The number of aliphatic hydroxyl groups excluding tert-OH is 7. The summed E-state index contributed by atoms with van der Waals surface area (Å²) < 4.78 is 15.4. The minimum atomic E-state index is -1.63. The molecule has 2 saturated heterocycles. The van der Waals surface area contributed by atoms with Crippen LogP contribution >= 0.6 is 0 Å². The number of aliphatic hydroxyl groups is 7. The van der Waals surface area contributed by atoms with Crippen LogP contribution in [0.4, 0.5) is 0 Å². The lowest BCUT2D eigenvalue weighted by atomic mass is 9.98. The molecule has 2 aliphatic heterocycles. The minimum absolute atomic E-state index is 0.512. The predicted molar refractivity (Wildman–Crippen MR) is 66.9 cm³/mol. The lowest BCUT2D eigenvalue weighted by molar-refractivity contribution is -0.325. The van der Waals surface area contributed by atoms with Gasteiger partial charge in [-0.15, -0.1) is 0 Å². The van der Waals surface area contributed by atoms with Crippen LogP contribution in [0.3, 0.4) is 0 Å². The highest BCUT2D eigenvalue weighted by Gasteiger charge is 2.47. The Balaban J connectivity index is 2.00. The molecule has 2 rings (SSSR count). The summed E-state index contributed by atoms with van der Waals surface area (Å²) in [5, 5.41) is 66.7. The molecule has 22 heavy (non-hydrogen) atoms. The lowest BCUT2D eigenvalue weighted by Crippen LogP contribution is -2.61. The molecule has 0 saturated carbocycles. The van der Waals surface area contributed by atoms with E-state index in [2.05, 4.69) is 0 Å². The van der Waals surface area contributed by atoms with Crippen molar-refractivity contribution in [1.29, 1.82) is 0 Å². The van der Waals surface area contributed by atoms with Crippen molar-refractivity contribution >= 4 is 0 Å². The molecule has 129 valence electrons. The first-order chi connectivity index (χ1) is 10.4. The molecule has 0 unspecified atom stereocenters. The van der Waals surface area contributed by atoms with Crippen LogP contribution in [0.15, 0.2) is 0 Å². The van der Waals surface area contributed by atoms with Gasteiger partial charge in [0.25, 0.3) is 0 Å². The second kappa shape index (κ2) is 7.45. The van der Waals surface area contributed by atoms with Crippen LogP contribution in [0.1, 0.15) is 0 Å². The highest BCUT2D eigenvalue weighted by molar-refractivity contribution is 4.95. The summed E-state index contributed by atoms with van der Waals surface area (Å²) in [6.45, 7) is -0.103. The first-order valence-corrected chi connectivity index (χ1v) is 6.82. The van der Waals surface area contributed by atoms with Crippen molar-refractivity contribution in [2.24, 2.45) is 0 Å². The molecule has 0 aromatic rings. The van der Waals surface area contributed by atoms with Crippen molar-refractivity contribution in [3.8, 4) is 0 Å². The third kappa shape index (κ3) is 3.41. The monoisotopic (exact) mass is 325 g/mol. The predicted octanol–water partition coefficient (Wildman–Crippen LogP) is -4.55. The van der Waals surface area contributed by atoms with Gasteiger partial charge in [-0.3, -0.25) is 0 Å². The molecule has 0 amide bonds. The van der Waals surface area contributed by atoms with Gasteiger partial charge in [0.15, 0.2) is 6.29 Å². The third-order valence-electron chi connectivity index (χ3n) is 3.77. The van der Waals surface area contributed by atoms with Crippen LogP contribution in [0.25, 0.3) is 0 Å². The van der Waals surface area contributed by atoms with E-state index in [1.807, 2.05) is 0 Å². The van der Waals surface area contributed by atoms with E-state index in [0.717, 1.165) is 6.61 Å². The second-order valence-corrected chi connectivity index (χ2v) is 5.27. The third-order valence-corrected chi connectivity index (χ3v) is 3.77. The van der Waals surface area contributed by atoms with Gasteiger partial charge in [0, 0.05) is 0 Å². The molecule has 1 radical (unpaired) electrons. The average Bonchev–Trinajstić information content (AvgIpc) is 2.52. The Morgan fingerprint density at radius 2 is 1.36 bits per heavy atom. The molecule has 10 heteroatoms. The summed E-state index contributed by atoms with van der Waals surface area (Å²) in [5.74, 6) is 0. The summed E-state index contributed by atoms with van der Waals surface area (Å²) in [6.07, 6.45) is -12.5. The van der Waals surface area contributed by atoms with Gasteiger partial charge in [-0.2, -0.15) is 0 Å². The van der Waals surface area contributed by atoms with Crippen molar-refractivity contribution < 1.29 is 50.0 Å². The maximum atomic E-state index is 9.90. The number of hydrogen-bond acceptors (Lipinski definition) is 10. The Labute approximate surface area is 126 Å². The number of ether oxygens (including phenoxy) is 3. The fourth-order valence-corrected chi connectivity index (χ4v) is 2.35. The summed E-state index contributed by atoms with van der Waals surface area (Å²) in [7, 11) is 0. The lowest BCUT2D eigenvalue weighted by Gasteiger charge is -2.43. The van der Waals surface area contributed by atoms with Gasteiger partial charge in [0.05, 0.1) is 13.2 Å². The van der Waals surface area contributed by atoms with E-state index in [4.69, 9.17) is 24.4 Å². The van der Waals surface area contributed by atoms with E-state index in [1.165, 1.54) is 0 Å². The SMILES string of the molecule is OC[C@H]1O[C@@H](O[C@@H]2[CH]O[C@H](CO)[C@@H](O)[C@@H]2O)[C@@H](O)[C@@H](O)[C@@H]1O. The van der Waals surface area contributed by atoms with Crippen molar-refractivity contribution in [2.45, 2.75) is 55.1 Å². The van der Waals surface area contributed by atoms with Crippen molar-refractivity contribution in [1.82, 2.24) is 0 Å². The average molecular weight is 325 g/mol. The maximum Gasteiger partial charge on any atom is 0.187 e. The fraction of sp³-hybridized carbons (Fsp3) is 0.917. The Bertz CT molecular complexity index is 353. The molecule has 2 heterocycles. The Morgan fingerprint density at radius 1 is 0.773 bits per heavy atom. The molecule has 0 aromatic carbocycles. The zero-order valence-corrected chi connectivity index (χ0v) is 11.5. The fourth-order valence-electron chi connectivity index (χ4n) is 2.35. The normalized spacial score (nSPS) is 50.0. The first kappa shape index (κ1) is 17.9. The van der Waals surface area contributed by atoms with Crippen LogP contribution in [0.5, 0.6) is 0 Å². The van der Waals surface area contributed by atoms with Crippen LogP contribution in [0, 0.1) is 6.61 Å². The van der Waals surface area contributed by atoms with Crippen LogP contribution in [-0.4, -0.2) is 104 Å². The second-order valence-electron chi connectivity index (χ2n) is 5.27. The number of hydrogen-bond donors (Lipinski definition) is 7. The zero-order chi connectivity index (χ0) is 16.4. The van der Waals surface area contributed by atoms with E-state index < -0.39 is 68.3 Å². The van der Waals surface area contributed by atoms with Gasteiger partial charge in [-0.1, -0.05) is 0 Å². The van der Waals surface area contributed by atoms with Gasteiger partial charge in [0.1, 0.15) is 55.4 Å². The van der Waals surface area contributed by atoms with Gasteiger partial charge in [-0.25, -0.2) is 0 Å². The van der Waals surface area contributed by atoms with Crippen LogP contribution in [-0.2, 0) is 14.2 Å². The quantitative estimate of drug-likeness (QED) is 0.267. The highest BCUT2D eigenvalue weighted by Crippen LogP contribution is 2.27. The van der Waals surface area contributed by atoms with Gasteiger partial charge < -0.3 is 50.0 Å². The first-order valence-electron chi connectivity index (χ1n) is 6.82. The maximum absolute atomic E-state index is 9.90. The molecule has 2 fully saturated rings. The van der Waals surface area contributed by atoms with Crippen molar-refractivity contribution in [3.63, 3.8) is 0 Å². The van der Waals surface area contributed by atoms with Crippen LogP contribution < -0.4 is 0 Å². The van der Waals surface area contributed by atoms with Crippen molar-refractivity contribution in [3.05, 3.63) is 6.61 Å². The number of rotatable bonds is 4. The van der Waals surface area contributed by atoms with Crippen molar-refractivity contribution in [2.75, 3.05) is 13.2 Å². The van der Waals surface area contributed by atoms with Gasteiger partial charge >= 0.3 is 0 Å². The molecule has 0 aliphatic carbocycles. The molecule has 0 aromatic heterocycles. The van der Waals surface area contributed by atoms with E-state index in [-0.39, 0.29) is 0 Å². The topological polar surface area (TPSA) is 169 Å². The van der Waals surface area contributed by atoms with Gasteiger partial charge in [0.2, 0.25) is 0 Å². The molecule has 2 aliphatic rings.